The Labute approximate surface area is 417 Å². The van der Waals surface area contributed by atoms with Gasteiger partial charge in [-0.25, -0.2) is 4.98 Å². The highest BCUT2D eigenvalue weighted by Gasteiger charge is 2.43. The number of nitrogens with two attached hydrogens (primary N) is 1. The number of likely N-dealkylation sites (tertiary alicyclic amines) is 1. The first-order valence-electron chi connectivity index (χ1n) is 24.6. The Hall–Kier alpha value is -5.72. The monoisotopic (exact) mass is 990 g/mol. The number of aromatic nitrogens is 1. The lowest BCUT2D eigenvalue weighted by atomic mass is 9.94. The summed E-state index contributed by atoms with van der Waals surface area (Å²) in [6, 6.07) is 13.2. The van der Waals surface area contributed by atoms with Crippen LogP contribution in [0.15, 0.2) is 60.0 Å². The largest absolute Gasteiger partial charge is 0.481 e. The molecule has 1 aliphatic heterocycles. The van der Waals surface area contributed by atoms with Crippen LogP contribution in [0.2, 0.25) is 0 Å². The number of likely N-dealkylation sites (N-methyl/N-ethyl adjacent to an activating group) is 2. The van der Waals surface area contributed by atoms with Crippen LogP contribution in [0.1, 0.15) is 133 Å². The van der Waals surface area contributed by atoms with Gasteiger partial charge in [-0.05, 0) is 68.6 Å². The fourth-order valence-corrected chi connectivity index (χ4v) is 9.90. The van der Waals surface area contributed by atoms with Crippen LogP contribution in [0.3, 0.4) is 0 Å². The summed E-state index contributed by atoms with van der Waals surface area (Å²) < 4.78 is 6.26. The number of quaternary nitrogens is 1. The number of carbonyl (C=O) groups excluding carboxylic acids is 6. The van der Waals surface area contributed by atoms with Crippen molar-refractivity contribution in [2.24, 2.45) is 23.5 Å². The fourth-order valence-electron chi connectivity index (χ4n) is 9.06. The number of aliphatic carboxylic acids is 1. The smallest absolute Gasteiger partial charge is 0.306 e. The number of carboxylic acids is 1. The van der Waals surface area contributed by atoms with Crippen molar-refractivity contribution >= 4 is 58.5 Å². The number of benzene rings is 2. The summed E-state index contributed by atoms with van der Waals surface area (Å²) in [5.41, 5.74) is 8.52. The number of rotatable bonds is 25. The van der Waals surface area contributed by atoms with E-state index in [0.29, 0.717) is 47.4 Å². The third kappa shape index (κ3) is 16.4. The number of anilines is 1. The summed E-state index contributed by atoms with van der Waals surface area (Å²) >= 11 is 1.16. The summed E-state index contributed by atoms with van der Waals surface area (Å²) in [5, 5.41) is 23.2. The highest BCUT2D eigenvalue weighted by atomic mass is 32.1. The van der Waals surface area contributed by atoms with Crippen LogP contribution in [-0.4, -0.2) is 118 Å². The van der Waals surface area contributed by atoms with Crippen LogP contribution in [0, 0.1) is 17.8 Å². The Morgan fingerprint density at radius 2 is 1.56 bits per heavy atom. The summed E-state index contributed by atoms with van der Waals surface area (Å²) in [5.74, 6) is -4.12. The van der Waals surface area contributed by atoms with Crippen molar-refractivity contribution in [3.05, 3.63) is 81.8 Å². The standard InChI is InChI=1S/C52H76N8O9S/c1-11-17-40(57-48(64)43-20-15-16-25-60(43,10)29-37-21-23-38(24-22-37)55-46(62)34(7)54-49(65)45(53)32(4)5)51(66)59(9)42(31(2)3)28-44(69-35(8)61)50-58-41(30-70-50)47(63)56-39(26-33(6)52(67)68)27-36-18-13-12-14-19-36/h12-14,18-19,21-24,30-34,39-40,42-45H,11,15-17,20,25-29,53H2,1-10H3,(H4-,54,55,56,57,62,63,64,65,67,68)/p+1/t33-,34-,39+,40-,42+,43+,44+,45-,60?/m0/s1. The Balaban J connectivity index is 1.45. The molecular weight excluding hydrogens is 913 g/mol. The van der Waals surface area contributed by atoms with Crippen molar-refractivity contribution in [3.63, 3.8) is 0 Å². The van der Waals surface area contributed by atoms with Crippen LogP contribution in [0.25, 0.3) is 0 Å². The lowest BCUT2D eigenvalue weighted by Gasteiger charge is -2.44. The number of amides is 5. The van der Waals surface area contributed by atoms with Gasteiger partial charge < -0.3 is 46.2 Å². The van der Waals surface area contributed by atoms with E-state index in [1.807, 2.05) is 77.1 Å². The van der Waals surface area contributed by atoms with Crippen molar-refractivity contribution in [2.75, 3.05) is 26.0 Å². The minimum absolute atomic E-state index is 0.0740. The molecule has 70 heavy (non-hydrogen) atoms. The molecule has 5 amide bonds. The van der Waals surface area contributed by atoms with Gasteiger partial charge in [-0.2, -0.15) is 0 Å². The molecule has 1 unspecified atom stereocenters. The molecule has 18 heteroatoms. The fraction of sp³-hybridized carbons (Fsp3) is 0.577. The van der Waals surface area contributed by atoms with E-state index in [1.165, 1.54) is 6.92 Å². The van der Waals surface area contributed by atoms with E-state index in [9.17, 15) is 38.7 Å². The average Bonchev–Trinajstić information content (AvgIpc) is 3.81. The first-order valence-corrected chi connectivity index (χ1v) is 25.5. The van der Waals surface area contributed by atoms with E-state index < -0.39 is 72.0 Å². The minimum Gasteiger partial charge on any atom is -0.481 e. The SMILES string of the molecule is CCC[C@H](NC(=O)[C@H]1CCCC[N+]1(C)Cc1ccc(NC(=O)[C@H](C)NC(=O)[C@@H](N)C(C)C)cc1)C(=O)N(C)[C@H](C[C@@H](OC(C)=O)c1nc(C(=O)N[C@@H](Cc2ccccc2)C[C@H](C)C(=O)O)cs1)C(C)C. The molecular formula is C52H77N8O9S+. The van der Waals surface area contributed by atoms with Gasteiger partial charge in [-0.1, -0.05) is 90.4 Å². The molecule has 1 aliphatic rings. The first kappa shape index (κ1) is 56.9. The number of hydrogen-bond donors (Lipinski definition) is 6. The number of thiazole rings is 1. The molecule has 1 saturated heterocycles. The maximum absolute atomic E-state index is 14.5. The first-order chi connectivity index (χ1) is 33.0. The summed E-state index contributed by atoms with van der Waals surface area (Å²) in [7, 11) is 3.76. The number of nitrogens with one attached hydrogen (secondary N) is 4. The molecule has 2 aromatic carbocycles. The Bertz CT molecular complexity index is 2240. The van der Waals surface area contributed by atoms with Crippen LogP contribution < -0.4 is 27.0 Å². The summed E-state index contributed by atoms with van der Waals surface area (Å²) in [6.45, 7) is 15.4. The van der Waals surface area contributed by atoms with Gasteiger partial charge in [0, 0.05) is 55.5 Å². The molecule has 1 fully saturated rings. The molecule has 17 nitrogen and oxygen atoms in total. The Morgan fingerprint density at radius 3 is 2.16 bits per heavy atom. The predicted octanol–water partition coefficient (Wildman–Crippen LogP) is 5.98. The second-order valence-corrected chi connectivity index (χ2v) is 20.8. The maximum Gasteiger partial charge on any atom is 0.306 e. The van der Waals surface area contributed by atoms with Gasteiger partial charge in [0.05, 0.1) is 25.6 Å². The van der Waals surface area contributed by atoms with Gasteiger partial charge in [0.2, 0.25) is 17.7 Å². The molecule has 4 rings (SSSR count). The maximum atomic E-state index is 14.5. The van der Waals surface area contributed by atoms with Crippen LogP contribution in [0.4, 0.5) is 5.69 Å². The summed E-state index contributed by atoms with van der Waals surface area (Å²) in [4.78, 5) is 98.4. The highest BCUT2D eigenvalue weighted by Crippen LogP contribution is 2.32. The molecule has 9 atom stereocenters. The van der Waals surface area contributed by atoms with E-state index >= 15 is 0 Å². The van der Waals surface area contributed by atoms with E-state index in [2.05, 4.69) is 33.3 Å². The van der Waals surface area contributed by atoms with Crippen molar-refractivity contribution in [1.82, 2.24) is 25.8 Å². The lowest BCUT2D eigenvalue weighted by molar-refractivity contribution is -0.942. The average molecular weight is 990 g/mol. The summed E-state index contributed by atoms with van der Waals surface area (Å²) in [6.07, 6.45) is 3.39. The molecule has 0 spiro atoms. The number of carbonyl (C=O) groups is 7. The van der Waals surface area contributed by atoms with E-state index in [-0.39, 0.29) is 48.1 Å². The molecule has 0 radical (unpaired) electrons. The quantitative estimate of drug-likeness (QED) is 0.0426. The van der Waals surface area contributed by atoms with Gasteiger partial charge >= 0.3 is 11.9 Å². The lowest BCUT2D eigenvalue weighted by Crippen LogP contribution is -2.62. The molecule has 0 aliphatic carbocycles. The number of piperidine rings is 1. The van der Waals surface area contributed by atoms with Crippen LogP contribution in [0.5, 0.6) is 0 Å². The number of esters is 1. The highest BCUT2D eigenvalue weighted by molar-refractivity contribution is 7.09. The van der Waals surface area contributed by atoms with Crippen LogP contribution in [-0.2, 0) is 46.5 Å². The van der Waals surface area contributed by atoms with Crippen molar-refractivity contribution in [3.8, 4) is 0 Å². The Morgan fingerprint density at radius 1 is 0.886 bits per heavy atom. The van der Waals surface area contributed by atoms with Crippen LogP contribution >= 0.6 is 11.3 Å². The topological polar surface area (TPSA) is 239 Å². The normalized spacial score (nSPS) is 18.8. The van der Waals surface area contributed by atoms with Gasteiger partial charge in [-0.3, -0.25) is 33.6 Å². The zero-order valence-corrected chi connectivity index (χ0v) is 43.5. The second kappa shape index (κ2) is 26.5. The molecule has 1 aromatic heterocycles. The van der Waals surface area contributed by atoms with Gasteiger partial charge in [0.25, 0.3) is 11.8 Å². The molecule has 3 aromatic rings. The zero-order valence-electron chi connectivity index (χ0n) is 42.7. The molecule has 384 valence electrons. The Kier molecular flexibility index (Phi) is 21.5. The number of nitrogens with zero attached hydrogens (tertiary/aromatic N) is 3. The van der Waals surface area contributed by atoms with Gasteiger partial charge in [0.1, 0.15) is 29.3 Å². The molecule has 7 N–H and O–H groups in total. The third-order valence-electron chi connectivity index (χ3n) is 13.3. The van der Waals surface area contributed by atoms with E-state index in [0.717, 1.165) is 41.9 Å². The van der Waals surface area contributed by atoms with Crippen molar-refractivity contribution < 1.29 is 47.9 Å². The molecule has 0 saturated carbocycles. The second-order valence-electron chi connectivity index (χ2n) is 19.9. The minimum atomic E-state index is -0.962. The number of ether oxygens (including phenoxy) is 1. The number of carboxylic acid groups (broad SMARTS) is 1. The van der Waals surface area contributed by atoms with E-state index in [4.69, 9.17) is 10.5 Å². The molecule has 0 bridgehead atoms. The molecule has 2 heterocycles. The van der Waals surface area contributed by atoms with Gasteiger partial charge in [0.15, 0.2) is 12.1 Å². The van der Waals surface area contributed by atoms with Crippen molar-refractivity contribution in [2.45, 2.75) is 156 Å². The third-order valence-corrected chi connectivity index (χ3v) is 14.2. The predicted molar refractivity (Wildman–Crippen MR) is 270 cm³/mol. The van der Waals surface area contributed by atoms with E-state index in [1.54, 1.807) is 43.3 Å². The zero-order chi connectivity index (χ0) is 51.9. The van der Waals surface area contributed by atoms with Crippen molar-refractivity contribution in [1.29, 1.82) is 0 Å². The van der Waals surface area contributed by atoms with Gasteiger partial charge in [-0.15, -0.1) is 11.3 Å². The number of hydrogen-bond acceptors (Lipinski definition) is 11.